The van der Waals surface area contributed by atoms with E-state index in [9.17, 15) is 9.59 Å². The van der Waals surface area contributed by atoms with Gasteiger partial charge in [-0.3, -0.25) is 4.79 Å². The molecule has 3 atom stereocenters. The van der Waals surface area contributed by atoms with Gasteiger partial charge in [-0.25, -0.2) is 0 Å². The molecule has 0 unspecified atom stereocenters. The fraction of sp³-hybridized carbons (Fsp3) is 0.412. The molecule has 3 nitrogen and oxygen atoms in total. The monoisotopic (exact) mass is 269 g/mol. The Balaban J connectivity index is 1.89. The SMILES string of the molecule is C=C1C[C@@H]2C(=O)N([C@H](C)c3ccccc3)C[C@]2(C=O)C1. The number of nitrogens with zero attached hydrogens (tertiary/aromatic N) is 1. The van der Waals surface area contributed by atoms with Crippen LogP contribution in [0.1, 0.15) is 31.4 Å². The zero-order valence-electron chi connectivity index (χ0n) is 11.7. The van der Waals surface area contributed by atoms with E-state index in [1.54, 1.807) is 0 Å². The van der Waals surface area contributed by atoms with Crippen molar-refractivity contribution in [1.82, 2.24) is 4.90 Å². The van der Waals surface area contributed by atoms with Crippen LogP contribution in [0.2, 0.25) is 0 Å². The predicted molar refractivity (Wildman–Crippen MR) is 76.9 cm³/mol. The summed E-state index contributed by atoms with van der Waals surface area (Å²) in [5.74, 6) is -0.0919. The van der Waals surface area contributed by atoms with Gasteiger partial charge in [0.1, 0.15) is 6.29 Å². The van der Waals surface area contributed by atoms with E-state index in [0.29, 0.717) is 19.4 Å². The fourth-order valence-electron chi connectivity index (χ4n) is 3.65. The number of rotatable bonds is 3. The second-order valence-corrected chi connectivity index (χ2v) is 6.09. The van der Waals surface area contributed by atoms with Crippen LogP contribution in [-0.2, 0) is 9.59 Å². The van der Waals surface area contributed by atoms with Crippen molar-refractivity contribution in [2.24, 2.45) is 11.3 Å². The highest BCUT2D eigenvalue weighted by Gasteiger charge is 2.56. The van der Waals surface area contributed by atoms with Crippen LogP contribution >= 0.6 is 0 Å². The van der Waals surface area contributed by atoms with Crippen molar-refractivity contribution in [2.75, 3.05) is 6.54 Å². The lowest BCUT2D eigenvalue weighted by molar-refractivity contribution is -0.133. The third-order valence-electron chi connectivity index (χ3n) is 4.80. The average molecular weight is 269 g/mol. The summed E-state index contributed by atoms with van der Waals surface area (Å²) in [6.45, 7) is 6.51. The summed E-state index contributed by atoms with van der Waals surface area (Å²) in [6, 6.07) is 9.99. The Morgan fingerprint density at radius 2 is 2.10 bits per heavy atom. The molecule has 1 aromatic rings. The number of aldehydes is 1. The first-order valence-electron chi connectivity index (χ1n) is 7.06. The van der Waals surface area contributed by atoms with Crippen LogP contribution in [0.25, 0.3) is 0 Å². The zero-order chi connectivity index (χ0) is 14.3. The van der Waals surface area contributed by atoms with Gasteiger partial charge in [-0.05, 0) is 25.3 Å². The normalized spacial score (nSPS) is 30.4. The number of benzene rings is 1. The number of hydrogen-bond donors (Lipinski definition) is 0. The Labute approximate surface area is 119 Å². The first-order valence-corrected chi connectivity index (χ1v) is 7.06. The molecule has 1 amide bonds. The Bertz CT molecular complexity index is 566. The van der Waals surface area contributed by atoms with Crippen LogP contribution in [0.4, 0.5) is 0 Å². The van der Waals surface area contributed by atoms with E-state index in [2.05, 4.69) is 6.58 Å². The molecular weight excluding hydrogens is 250 g/mol. The molecule has 0 radical (unpaired) electrons. The summed E-state index contributed by atoms with van der Waals surface area (Å²) < 4.78 is 0. The maximum atomic E-state index is 12.6. The average Bonchev–Trinajstić information content (AvgIpc) is 2.93. The largest absolute Gasteiger partial charge is 0.335 e. The molecule has 0 bridgehead atoms. The summed E-state index contributed by atoms with van der Waals surface area (Å²) >= 11 is 0. The number of hydrogen-bond acceptors (Lipinski definition) is 2. The lowest BCUT2D eigenvalue weighted by Crippen LogP contribution is -2.31. The molecule has 2 fully saturated rings. The van der Waals surface area contributed by atoms with E-state index < -0.39 is 5.41 Å². The molecule has 20 heavy (non-hydrogen) atoms. The van der Waals surface area contributed by atoms with Crippen molar-refractivity contribution in [1.29, 1.82) is 0 Å². The minimum atomic E-state index is -0.531. The number of likely N-dealkylation sites (tertiary alicyclic amines) is 1. The molecule has 1 heterocycles. The van der Waals surface area contributed by atoms with E-state index >= 15 is 0 Å². The van der Waals surface area contributed by atoms with Gasteiger partial charge in [0, 0.05) is 6.54 Å². The molecular formula is C17H19NO2. The Hall–Kier alpha value is -1.90. The second kappa shape index (κ2) is 4.58. The molecule has 3 rings (SSSR count). The predicted octanol–water partition coefficient (Wildman–Crippen LogP) is 2.74. The topological polar surface area (TPSA) is 37.4 Å². The molecule has 1 aliphatic heterocycles. The molecule has 1 aromatic carbocycles. The summed E-state index contributed by atoms with van der Waals surface area (Å²) in [5.41, 5.74) is 1.61. The van der Waals surface area contributed by atoms with E-state index in [1.807, 2.05) is 42.2 Å². The highest BCUT2D eigenvalue weighted by atomic mass is 16.2. The summed E-state index contributed by atoms with van der Waals surface area (Å²) in [6.07, 6.45) is 2.31. The molecule has 3 heteroatoms. The van der Waals surface area contributed by atoms with Gasteiger partial charge < -0.3 is 9.69 Å². The van der Waals surface area contributed by atoms with Crippen molar-refractivity contribution in [3.05, 3.63) is 48.0 Å². The van der Waals surface area contributed by atoms with Crippen LogP contribution in [0.15, 0.2) is 42.5 Å². The molecule has 0 spiro atoms. The van der Waals surface area contributed by atoms with Crippen LogP contribution in [-0.4, -0.2) is 23.6 Å². The molecule has 1 saturated carbocycles. The van der Waals surface area contributed by atoms with Gasteiger partial charge in [0.25, 0.3) is 0 Å². The van der Waals surface area contributed by atoms with Gasteiger partial charge in [0.05, 0.1) is 17.4 Å². The third kappa shape index (κ3) is 1.80. The molecule has 0 N–H and O–H groups in total. The number of fused-ring (bicyclic) bond motifs is 1. The van der Waals surface area contributed by atoms with Crippen LogP contribution in [0, 0.1) is 11.3 Å². The van der Waals surface area contributed by atoms with E-state index in [0.717, 1.165) is 17.4 Å². The molecule has 2 aliphatic rings. The van der Waals surface area contributed by atoms with Crippen molar-refractivity contribution in [2.45, 2.75) is 25.8 Å². The van der Waals surface area contributed by atoms with Gasteiger partial charge in [-0.15, -0.1) is 0 Å². The standard InChI is InChI=1S/C17H19NO2/c1-12-8-15-16(20)18(10-17(15,9-12)11-19)13(2)14-6-4-3-5-7-14/h3-7,11,13,15H,1,8-10H2,2H3/t13-,15-,17+/m1/s1. The van der Waals surface area contributed by atoms with E-state index in [1.165, 1.54) is 0 Å². The highest BCUT2D eigenvalue weighted by Crippen LogP contribution is 2.51. The van der Waals surface area contributed by atoms with E-state index in [4.69, 9.17) is 0 Å². The Morgan fingerprint density at radius 1 is 1.40 bits per heavy atom. The van der Waals surface area contributed by atoms with Crippen LogP contribution in [0.3, 0.4) is 0 Å². The molecule has 1 saturated heterocycles. The lowest BCUT2D eigenvalue weighted by Gasteiger charge is -2.27. The fourth-order valence-corrected chi connectivity index (χ4v) is 3.65. The van der Waals surface area contributed by atoms with Crippen molar-refractivity contribution >= 4 is 12.2 Å². The molecule has 1 aliphatic carbocycles. The third-order valence-corrected chi connectivity index (χ3v) is 4.80. The first-order chi connectivity index (χ1) is 9.57. The first kappa shape index (κ1) is 13.1. The Kier molecular flexibility index (Phi) is 3.00. The van der Waals surface area contributed by atoms with Crippen molar-refractivity contribution in [3.63, 3.8) is 0 Å². The molecule has 0 aromatic heterocycles. The van der Waals surface area contributed by atoms with Gasteiger partial charge in [-0.1, -0.05) is 42.5 Å². The Morgan fingerprint density at radius 3 is 2.70 bits per heavy atom. The highest BCUT2D eigenvalue weighted by molar-refractivity contribution is 5.89. The smallest absolute Gasteiger partial charge is 0.227 e. The number of carbonyl (C=O) groups is 2. The number of allylic oxidation sites excluding steroid dienone is 1. The second-order valence-electron chi connectivity index (χ2n) is 6.09. The number of carbonyl (C=O) groups excluding carboxylic acids is 2. The van der Waals surface area contributed by atoms with Crippen LogP contribution in [0.5, 0.6) is 0 Å². The minimum absolute atomic E-state index is 0.0133. The lowest BCUT2D eigenvalue weighted by atomic mass is 9.82. The molecule has 104 valence electrons. The summed E-state index contributed by atoms with van der Waals surface area (Å²) in [7, 11) is 0. The van der Waals surface area contributed by atoms with Gasteiger partial charge in [0.15, 0.2) is 0 Å². The minimum Gasteiger partial charge on any atom is -0.335 e. The van der Waals surface area contributed by atoms with E-state index in [-0.39, 0.29) is 17.9 Å². The maximum absolute atomic E-state index is 12.6. The number of amides is 1. The van der Waals surface area contributed by atoms with Crippen molar-refractivity contribution in [3.8, 4) is 0 Å². The van der Waals surface area contributed by atoms with Crippen LogP contribution < -0.4 is 0 Å². The summed E-state index contributed by atoms with van der Waals surface area (Å²) in [5, 5.41) is 0. The van der Waals surface area contributed by atoms with Gasteiger partial charge in [-0.2, -0.15) is 0 Å². The van der Waals surface area contributed by atoms with Crippen molar-refractivity contribution < 1.29 is 9.59 Å². The quantitative estimate of drug-likeness (QED) is 0.625. The summed E-state index contributed by atoms with van der Waals surface area (Å²) in [4.78, 5) is 26.1. The van der Waals surface area contributed by atoms with Gasteiger partial charge in [0.2, 0.25) is 5.91 Å². The zero-order valence-corrected chi connectivity index (χ0v) is 11.7. The maximum Gasteiger partial charge on any atom is 0.227 e. The van der Waals surface area contributed by atoms with Gasteiger partial charge >= 0.3 is 0 Å².